The Morgan fingerprint density at radius 1 is 1.35 bits per heavy atom. The van der Waals surface area contributed by atoms with E-state index < -0.39 is 23.5 Å². The number of nitrogens with zero attached hydrogens (tertiary/aromatic N) is 1. The molecule has 126 valence electrons. The Balaban J connectivity index is 1.91. The largest absolute Gasteiger partial charge is 0.480 e. The van der Waals surface area contributed by atoms with Crippen molar-refractivity contribution in [2.24, 2.45) is 0 Å². The van der Waals surface area contributed by atoms with Crippen LogP contribution in [0.3, 0.4) is 0 Å². The third kappa shape index (κ3) is 4.17. The van der Waals surface area contributed by atoms with Crippen LogP contribution >= 0.6 is 11.6 Å². The maximum atomic E-state index is 13.2. The fourth-order valence-electron chi connectivity index (χ4n) is 2.64. The Kier molecular flexibility index (Phi) is 5.54. The standard InChI is InChI=1S/C15H17ClF2N2O3/c1-2-20(7-14(21)22)9-3-8(4-9)19-15(23)10-5-12(17)13(18)6-11(10)16/h5-6,8-9H,2-4,7H2,1H3,(H,19,23)(H,21,22). The SMILES string of the molecule is CCN(CC(=O)O)C1CC(NC(=O)c2cc(F)c(F)cc2Cl)C1. The third-order valence-corrected chi connectivity index (χ3v) is 4.28. The molecule has 1 aliphatic carbocycles. The number of carbonyl (C=O) groups excluding carboxylic acids is 1. The van der Waals surface area contributed by atoms with Crippen LogP contribution in [0, 0.1) is 11.6 Å². The number of carboxylic acids is 1. The van der Waals surface area contributed by atoms with Crippen molar-refractivity contribution in [2.75, 3.05) is 13.1 Å². The van der Waals surface area contributed by atoms with Gasteiger partial charge in [-0.1, -0.05) is 18.5 Å². The number of aliphatic carboxylic acids is 1. The van der Waals surface area contributed by atoms with Gasteiger partial charge in [-0.3, -0.25) is 14.5 Å². The smallest absolute Gasteiger partial charge is 0.317 e. The normalized spacial score (nSPS) is 20.2. The van der Waals surface area contributed by atoms with Crippen molar-refractivity contribution in [1.29, 1.82) is 0 Å². The molecule has 1 aromatic rings. The summed E-state index contributed by atoms with van der Waals surface area (Å²) in [6, 6.07) is 1.48. The van der Waals surface area contributed by atoms with Crippen molar-refractivity contribution in [3.05, 3.63) is 34.4 Å². The zero-order valence-corrected chi connectivity index (χ0v) is 13.2. The lowest BCUT2D eigenvalue weighted by atomic mass is 9.85. The second-order valence-corrected chi connectivity index (χ2v) is 5.91. The molecule has 1 amide bonds. The van der Waals surface area contributed by atoms with Crippen molar-refractivity contribution in [3.8, 4) is 0 Å². The van der Waals surface area contributed by atoms with Crippen LogP contribution in [0.25, 0.3) is 0 Å². The van der Waals surface area contributed by atoms with Gasteiger partial charge in [0.1, 0.15) is 0 Å². The van der Waals surface area contributed by atoms with Crippen LogP contribution in [0.15, 0.2) is 12.1 Å². The lowest BCUT2D eigenvalue weighted by molar-refractivity contribution is -0.139. The summed E-state index contributed by atoms with van der Waals surface area (Å²) in [7, 11) is 0. The minimum Gasteiger partial charge on any atom is -0.480 e. The maximum Gasteiger partial charge on any atom is 0.317 e. The first kappa shape index (κ1) is 17.6. The Bertz CT molecular complexity index is 621. The summed E-state index contributed by atoms with van der Waals surface area (Å²) in [5.74, 6) is -3.71. The number of carboxylic acid groups (broad SMARTS) is 1. The molecule has 0 bridgehead atoms. The van der Waals surface area contributed by atoms with Crippen LogP contribution in [0.1, 0.15) is 30.1 Å². The van der Waals surface area contributed by atoms with Crippen molar-refractivity contribution in [3.63, 3.8) is 0 Å². The molecule has 0 spiro atoms. The van der Waals surface area contributed by atoms with Gasteiger partial charge in [0, 0.05) is 12.1 Å². The van der Waals surface area contributed by atoms with Crippen molar-refractivity contribution in [1.82, 2.24) is 10.2 Å². The molecule has 0 heterocycles. The van der Waals surface area contributed by atoms with E-state index in [2.05, 4.69) is 5.32 Å². The van der Waals surface area contributed by atoms with Crippen LogP contribution in [0.5, 0.6) is 0 Å². The fourth-order valence-corrected chi connectivity index (χ4v) is 2.87. The Morgan fingerprint density at radius 3 is 2.52 bits per heavy atom. The van der Waals surface area contributed by atoms with E-state index in [1.807, 2.05) is 11.8 Å². The second-order valence-electron chi connectivity index (χ2n) is 5.50. The number of halogens is 3. The van der Waals surface area contributed by atoms with Gasteiger partial charge in [0.05, 0.1) is 17.1 Å². The molecule has 1 fully saturated rings. The fraction of sp³-hybridized carbons (Fsp3) is 0.467. The van der Waals surface area contributed by atoms with Crippen LogP contribution in [-0.4, -0.2) is 47.1 Å². The van der Waals surface area contributed by atoms with E-state index in [0.29, 0.717) is 19.4 Å². The van der Waals surface area contributed by atoms with Gasteiger partial charge in [-0.2, -0.15) is 0 Å². The Hall–Kier alpha value is -1.73. The monoisotopic (exact) mass is 346 g/mol. The highest BCUT2D eigenvalue weighted by molar-refractivity contribution is 6.33. The summed E-state index contributed by atoms with van der Waals surface area (Å²) < 4.78 is 26.2. The zero-order valence-electron chi connectivity index (χ0n) is 12.5. The van der Waals surface area contributed by atoms with E-state index in [-0.39, 0.29) is 29.2 Å². The molecule has 1 aliphatic rings. The Morgan fingerprint density at radius 2 is 1.96 bits per heavy atom. The lowest BCUT2D eigenvalue weighted by Gasteiger charge is -2.42. The molecule has 2 N–H and O–H groups in total. The summed E-state index contributed by atoms with van der Waals surface area (Å²) in [4.78, 5) is 24.6. The maximum absolute atomic E-state index is 13.2. The molecule has 23 heavy (non-hydrogen) atoms. The third-order valence-electron chi connectivity index (χ3n) is 3.96. The van der Waals surface area contributed by atoms with Crippen molar-refractivity contribution < 1.29 is 23.5 Å². The molecule has 0 radical (unpaired) electrons. The Labute approximate surface area is 137 Å². The van der Waals surface area contributed by atoms with Crippen LogP contribution in [0.2, 0.25) is 5.02 Å². The van der Waals surface area contributed by atoms with E-state index in [0.717, 1.165) is 12.1 Å². The molecule has 1 saturated carbocycles. The molecular weight excluding hydrogens is 330 g/mol. The summed E-state index contributed by atoms with van der Waals surface area (Å²) in [6.45, 7) is 2.43. The number of hydrogen-bond acceptors (Lipinski definition) is 3. The van der Waals surface area contributed by atoms with Crippen LogP contribution in [-0.2, 0) is 4.79 Å². The number of benzene rings is 1. The van der Waals surface area contributed by atoms with Crippen LogP contribution in [0.4, 0.5) is 8.78 Å². The summed E-state index contributed by atoms with van der Waals surface area (Å²) in [5.41, 5.74) is -0.119. The van der Waals surface area contributed by atoms with E-state index in [4.69, 9.17) is 16.7 Å². The molecule has 0 unspecified atom stereocenters. The first-order valence-corrected chi connectivity index (χ1v) is 7.60. The number of hydrogen-bond donors (Lipinski definition) is 2. The highest BCUT2D eigenvalue weighted by Crippen LogP contribution is 2.27. The highest BCUT2D eigenvalue weighted by Gasteiger charge is 2.35. The van der Waals surface area contributed by atoms with E-state index in [1.165, 1.54) is 0 Å². The molecule has 8 heteroatoms. The minimum absolute atomic E-state index is 0.0448. The van der Waals surface area contributed by atoms with Crippen molar-refractivity contribution in [2.45, 2.75) is 31.8 Å². The van der Waals surface area contributed by atoms with Gasteiger partial charge in [0.2, 0.25) is 0 Å². The zero-order chi connectivity index (χ0) is 17.1. The van der Waals surface area contributed by atoms with Gasteiger partial charge in [-0.15, -0.1) is 0 Å². The summed E-state index contributed by atoms with van der Waals surface area (Å²) in [5, 5.41) is 11.4. The van der Waals surface area contributed by atoms with Gasteiger partial charge in [0.25, 0.3) is 5.91 Å². The van der Waals surface area contributed by atoms with E-state index in [9.17, 15) is 18.4 Å². The average molecular weight is 347 g/mol. The summed E-state index contributed by atoms with van der Waals surface area (Å²) >= 11 is 5.76. The van der Waals surface area contributed by atoms with Crippen molar-refractivity contribution >= 4 is 23.5 Å². The molecule has 0 saturated heterocycles. The summed E-state index contributed by atoms with van der Waals surface area (Å²) in [6.07, 6.45) is 1.21. The molecular formula is C15H17ClF2N2O3. The number of nitrogens with one attached hydrogen (secondary N) is 1. The number of carbonyl (C=O) groups is 2. The van der Waals surface area contributed by atoms with Gasteiger partial charge in [-0.25, -0.2) is 8.78 Å². The van der Waals surface area contributed by atoms with Gasteiger partial charge >= 0.3 is 5.97 Å². The molecule has 2 rings (SSSR count). The predicted octanol–water partition coefficient (Wildman–Crippen LogP) is 2.29. The van der Waals surface area contributed by atoms with Gasteiger partial charge < -0.3 is 10.4 Å². The second kappa shape index (κ2) is 7.23. The minimum atomic E-state index is -1.13. The molecule has 1 aromatic carbocycles. The van der Waals surface area contributed by atoms with Gasteiger partial charge in [0.15, 0.2) is 11.6 Å². The average Bonchev–Trinajstić information content (AvgIpc) is 2.43. The quantitative estimate of drug-likeness (QED) is 0.775. The highest BCUT2D eigenvalue weighted by atomic mass is 35.5. The van der Waals surface area contributed by atoms with Crippen LogP contribution < -0.4 is 5.32 Å². The van der Waals surface area contributed by atoms with Gasteiger partial charge in [-0.05, 0) is 31.5 Å². The molecule has 0 aliphatic heterocycles. The predicted molar refractivity (Wildman–Crippen MR) is 80.5 cm³/mol. The molecule has 0 aromatic heterocycles. The first-order valence-electron chi connectivity index (χ1n) is 7.23. The topological polar surface area (TPSA) is 69.6 Å². The van der Waals surface area contributed by atoms with E-state index in [1.54, 1.807) is 0 Å². The molecule has 0 atom stereocenters. The van der Waals surface area contributed by atoms with E-state index >= 15 is 0 Å². The number of likely N-dealkylation sites (N-methyl/N-ethyl adjacent to an activating group) is 1. The molecule has 5 nitrogen and oxygen atoms in total. The first-order chi connectivity index (χ1) is 10.8. The lowest BCUT2D eigenvalue weighted by Crippen LogP contribution is -2.54. The number of amides is 1. The number of rotatable bonds is 6.